The third-order valence-corrected chi connectivity index (χ3v) is 25.1. The second-order valence-electron chi connectivity index (χ2n) is 22.2. The minimum absolute atomic E-state index is 0.00590. The number of hydrogen-bond donors (Lipinski definition) is 0. The van der Waals surface area contributed by atoms with Crippen molar-refractivity contribution in [3.63, 3.8) is 0 Å². The molecular formula is C43H80O3Si3. The van der Waals surface area contributed by atoms with Crippen molar-refractivity contribution in [2.75, 3.05) is 0 Å². The van der Waals surface area contributed by atoms with Crippen molar-refractivity contribution in [2.24, 2.45) is 34.5 Å². The minimum atomic E-state index is -1.96. The summed E-state index contributed by atoms with van der Waals surface area (Å²) < 4.78 is 20.9. The van der Waals surface area contributed by atoms with Crippen LogP contribution in [0.25, 0.3) is 0 Å². The molecule has 6 heteroatoms. The highest BCUT2D eigenvalue weighted by molar-refractivity contribution is 6.74. The van der Waals surface area contributed by atoms with Crippen LogP contribution < -0.4 is 0 Å². The van der Waals surface area contributed by atoms with E-state index in [9.17, 15) is 0 Å². The van der Waals surface area contributed by atoms with Crippen molar-refractivity contribution in [2.45, 2.75) is 214 Å². The van der Waals surface area contributed by atoms with Gasteiger partial charge in [-0.3, -0.25) is 0 Å². The van der Waals surface area contributed by atoms with E-state index in [-0.39, 0.29) is 27.9 Å². The maximum atomic E-state index is 7.18. The van der Waals surface area contributed by atoms with Gasteiger partial charge in [-0.25, -0.2) is 0 Å². The van der Waals surface area contributed by atoms with Gasteiger partial charge < -0.3 is 13.3 Å². The Labute approximate surface area is 308 Å². The van der Waals surface area contributed by atoms with E-state index in [0.29, 0.717) is 16.7 Å². The minimum Gasteiger partial charge on any atom is -0.413 e. The van der Waals surface area contributed by atoms with Gasteiger partial charge in [-0.15, -0.1) is 0 Å². The molecule has 4 aliphatic rings. The van der Waals surface area contributed by atoms with Crippen LogP contribution in [0.2, 0.25) is 55.9 Å². The van der Waals surface area contributed by atoms with Gasteiger partial charge in [0.1, 0.15) is 0 Å². The summed E-state index contributed by atoms with van der Waals surface area (Å²) in [6.45, 7) is 43.0. The van der Waals surface area contributed by atoms with Crippen molar-refractivity contribution in [1.82, 2.24) is 0 Å². The molecule has 0 bridgehead atoms. The van der Waals surface area contributed by atoms with Crippen LogP contribution in [0.1, 0.15) is 140 Å². The Kier molecular flexibility index (Phi) is 11.8. The number of hydrogen-bond acceptors (Lipinski definition) is 3. The maximum Gasteiger partial charge on any atom is 0.192 e. The maximum absolute atomic E-state index is 7.18. The molecule has 4 aliphatic carbocycles. The molecule has 0 aromatic carbocycles. The average Bonchev–Trinajstić information content (AvgIpc) is 3.55. The third kappa shape index (κ3) is 8.80. The van der Waals surface area contributed by atoms with Crippen molar-refractivity contribution in [3.05, 3.63) is 11.1 Å². The Hall–Kier alpha value is -0.169. The summed E-state index contributed by atoms with van der Waals surface area (Å²) in [4.78, 5) is 0. The zero-order valence-corrected chi connectivity index (χ0v) is 38.8. The molecule has 0 amide bonds. The predicted octanol–water partition coefficient (Wildman–Crippen LogP) is 13.1. The lowest BCUT2D eigenvalue weighted by molar-refractivity contribution is 0.00482. The summed E-state index contributed by atoms with van der Waals surface area (Å²) in [6.07, 6.45) is 12.8. The fraction of sp³-hybridized carbons (Fsp3) is 0.907. The lowest BCUT2D eigenvalue weighted by atomic mass is 9.55. The first-order chi connectivity index (χ1) is 22.1. The Morgan fingerprint density at radius 1 is 0.878 bits per heavy atom. The molecule has 0 aliphatic heterocycles. The number of rotatable bonds is 11. The molecule has 0 saturated heterocycles. The molecule has 3 fully saturated rings. The molecule has 49 heavy (non-hydrogen) atoms. The summed E-state index contributed by atoms with van der Waals surface area (Å²) in [6, 6.07) is 0. The first kappa shape index (κ1) is 41.6. The van der Waals surface area contributed by atoms with Gasteiger partial charge in [-0.2, -0.15) is 0 Å². The summed E-state index contributed by atoms with van der Waals surface area (Å²) in [5.74, 6) is 11.0. The van der Waals surface area contributed by atoms with Crippen LogP contribution in [0, 0.1) is 46.3 Å². The molecule has 1 spiro atoms. The molecule has 3 nitrogen and oxygen atoms in total. The van der Waals surface area contributed by atoms with E-state index in [1.165, 1.54) is 62.5 Å². The molecular weight excluding hydrogens is 649 g/mol. The van der Waals surface area contributed by atoms with E-state index < -0.39 is 25.0 Å². The second-order valence-corrected chi connectivity index (χ2v) is 36.2. The summed E-state index contributed by atoms with van der Waals surface area (Å²) in [5.41, 5.74) is 3.57. The van der Waals surface area contributed by atoms with Gasteiger partial charge in [0.25, 0.3) is 0 Å². The van der Waals surface area contributed by atoms with Gasteiger partial charge in [0.15, 0.2) is 25.0 Å². The van der Waals surface area contributed by atoms with E-state index in [0.717, 1.165) is 30.6 Å². The first-order valence-electron chi connectivity index (χ1n) is 20.3. The van der Waals surface area contributed by atoms with Crippen LogP contribution in [0.4, 0.5) is 0 Å². The first-order valence-corrected chi connectivity index (χ1v) is 29.5. The SMILES string of the molecule is CC1=C(C#CC2CCC[C@]3(C)[C@@H](C(C)CCCC(C)(C)O[Si](C)(C)C)CC4CC243)CC(O[Si](C)(C)C(C)(C)C)CC1O[Si](C)(C)C(C)(C)C. The summed E-state index contributed by atoms with van der Waals surface area (Å²) >= 11 is 0. The normalized spacial score (nSPS) is 33.5. The fourth-order valence-corrected chi connectivity index (χ4v) is 14.6. The molecule has 8 atom stereocenters. The molecule has 0 heterocycles. The van der Waals surface area contributed by atoms with Gasteiger partial charge in [0.05, 0.1) is 17.8 Å². The highest BCUT2D eigenvalue weighted by Gasteiger charge is 2.75. The fourth-order valence-electron chi connectivity index (χ4n) is 10.2. The van der Waals surface area contributed by atoms with Gasteiger partial charge in [-0.05, 0) is 143 Å². The third-order valence-electron chi connectivity index (χ3n) is 14.9. The van der Waals surface area contributed by atoms with Crippen LogP contribution >= 0.6 is 0 Å². The Balaban J connectivity index is 1.55. The van der Waals surface area contributed by atoms with Gasteiger partial charge in [-0.1, -0.05) is 86.5 Å². The largest absolute Gasteiger partial charge is 0.413 e. The van der Waals surface area contributed by atoms with Crippen LogP contribution in [0.15, 0.2) is 11.1 Å². The highest BCUT2D eigenvalue weighted by atomic mass is 28.4. The van der Waals surface area contributed by atoms with Crippen LogP contribution in [-0.4, -0.2) is 42.8 Å². The second kappa shape index (κ2) is 13.9. The standard InChI is InChI=1S/C43H80O3Si3/c1-31(21-19-25-41(9,10)46-47(12,13)14)37-28-35-30-43(35)34(22-20-26-42(37,43)11)24-23-33-27-36(44-48(15,16)39(3,4)5)29-38(32(33)2)45-49(17,18)40(6,7)8/h31,34-38H,19-22,25-30H2,1-18H3/t31?,34?,35?,36?,37-,38?,42-,43?/m1/s1. The monoisotopic (exact) mass is 729 g/mol. The molecule has 0 aromatic rings. The van der Waals surface area contributed by atoms with E-state index in [1.54, 1.807) is 0 Å². The molecule has 0 aromatic heterocycles. The van der Waals surface area contributed by atoms with E-state index >= 15 is 0 Å². The van der Waals surface area contributed by atoms with E-state index in [1.807, 2.05) is 0 Å². The molecule has 282 valence electrons. The van der Waals surface area contributed by atoms with Crippen molar-refractivity contribution >= 4 is 25.0 Å². The molecule has 6 unspecified atom stereocenters. The van der Waals surface area contributed by atoms with Crippen LogP contribution in [0.3, 0.4) is 0 Å². The molecule has 0 radical (unpaired) electrons. The van der Waals surface area contributed by atoms with Crippen molar-refractivity contribution in [3.8, 4) is 11.8 Å². The summed E-state index contributed by atoms with van der Waals surface area (Å²) in [5, 5.41) is 0.360. The zero-order valence-electron chi connectivity index (χ0n) is 35.8. The Bertz CT molecular complexity index is 1280. The van der Waals surface area contributed by atoms with Gasteiger partial charge in [0, 0.05) is 24.3 Å². The van der Waals surface area contributed by atoms with Gasteiger partial charge in [0.2, 0.25) is 0 Å². The topological polar surface area (TPSA) is 27.7 Å². The van der Waals surface area contributed by atoms with Gasteiger partial charge >= 0.3 is 0 Å². The zero-order chi connectivity index (χ0) is 37.2. The van der Waals surface area contributed by atoms with Crippen molar-refractivity contribution in [1.29, 1.82) is 0 Å². The average molecular weight is 729 g/mol. The predicted molar refractivity (Wildman–Crippen MR) is 219 cm³/mol. The van der Waals surface area contributed by atoms with E-state index in [4.69, 9.17) is 13.3 Å². The van der Waals surface area contributed by atoms with E-state index in [2.05, 4.69) is 134 Å². The quantitative estimate of drug-likeness (QED) is 0.157. The summed E-state index contributed by atoms with van der Waals surface area (Å²) in [7, 11) is -5.42. The lowest BCUT2D eigenvalue weighted by Gasteiger charge is -2.49. The Morgan fingerprint density at radius 2 is 1.47 bits per heavy atom. The smallest absolute Gasteiger partial charge is 0.192 e. The molecule has 0 N–H and O–H groups in total. The Morgan fingerprint density at radius 3 is 2.04 bits per heavy atom. The van der Waals surface area contributed by atoms with Crippen LogP contribution in [-0.2, 0) is 13.3 Å². The highest BCUT2D eigenvalue weighted by Crippen LogP contribution is 2.81. The van der Waals surface area contributed by atoms with Crippen LogP contribution in [0.5, 0.6) is 0 Å². The molecule has 4 rings (SSSR count). The lowest BCUT2D eigenvalue weighted by Crippen LogP contribution is -2.49. The molecule has 3 saturated carbocycles. The van der Waals surface area contributed by atoms with Crippen molar-refractivity contribution < 1.29 is 13.3 Å².